The van der Waals surface area contributed by atoms with Gasteiger partial charge >= 0.3 is 0 Å². The molecule has 1 aliphatic carbocycles. The SMILES string of the molecule is OC1(Cn2cncn2)CCCC1Cc1ccc(F)cc1. The van der Waals surface area contributed by atoms with Crippen molar-refractivity contribution >= 4 is 0 Å². The van der Waals surface area contributed by atoms with Crippen molar-refractivity contribution in [3.05, 3.63) is 48.3 Å². The summed E-state index contributed by atoms with van der Waals surface area (Å²) in [6, 6.07) is 6.54. The molecule has 1 aromatic carbocycles. The van der Waals surface area contributed by atoms with Crippen molar-refractivity contribution in [3.63, 3.8) is 0 Å². The molecule has 1 N–H and O–H groups in total. The lowest BCUT2D eigenvalue weighted by Crippen LogP contribution is -2.39. The Morgan fingerprint density at radius 3 is 2.85 bits per heavy atom. The predicted octanol–water partition coefficient (Wildman–Crippen LogP) is 2.19. The van der Waals surface area contributed by atoms with Crippen LogP contribution in [0.3, 0.4) is 0 Å². The summed E-state index contributed by atoms with van der Waals surface area (Å²) in [4.78, 5) is 3.91. The molecule has 20 heavy (non-hydrogen) atoms. The van der Waals surface area contributed by atoms with Crippen LogP contribution in [0.2, 0.25) is 0 Å². The fraction of sp³-hybridized carbons (Fsp3) is 0.467. The topological polar surface area (TPSA) is 50.9 Å². The fourth-order valence-electron chi connectivity index (χ4n) is 3.13. The predicted molar refractivity (Wildman–Crippen MR) is 72.4 cm³/mol. The van der Waals surface area contributed by atoms with E-state index < -0.39 is 5.60 Å². The second-order valence-corrected chi connectivity index (χ2v) is 5.62. The Balaban J connectivity index is 1.73. The third kappa shape index (κ3) is 2.72. The van der Waals surface area contributed by atoms with Crippen LogP contribution in [-0.2, 0) is 13.0 Å². The zero-order valence-corrected chi connectivity index (χ0v) is 11.2. The number of aromatic nitrogens is 3. The monoisotopic (exact) mass is 275 g/mol. The molecule has 1 fully saturated rings. The van der Waals surface area contributed by atoms with Gasteiger partial charge in [0, 0.05) is 0 Å². The molecule has 0 aliphatic heterocycles. The summed E-state index contributed by atoms with van der Waals surface area (Å²) in [5.74, 6) is -0.0461. The quantitative estimate of drug-likeness (QED) is 0.930. The lowest BCUT2D eigenvalue weighted by Gasteiger charge is -2.30. The van der Waals surface area contributed by atoms with Crippen LogP contribution in [0.5, 0.6) is 0 Å². The summed E-state index contributed by atoms with van der Waals surface area (Å²) in [7, 11) is 0. The minimum Gasteiger partial charge on any atom is -0.388 e. The summed E-state index contributed by atoms with van der Waals surface area (Å²) in [5.41, 5.74) is 0.317. The normalized spacial score (nSPS) is 26.0. The molecule has 0 amide bonds. The van der Waals surface area contributed by atoms with E-state index in [-0.39, 0.29) is 11.7 Å². The second kappa shape index (κ2) is 5.32. The third-order valence-corrected chi connectivity index (χ3v) is 4.22. The number of hydrogen-bond acceptors (Lipinski definition) is 3. The molecule has 1 heterocycles. The van der Waals surface area contributed by atoms with Crippen molar-refractivity contribution < 1.29 is 9.50 Å². The Hall–Kier alpha value is -1.75. The highest BCUT2D eigenvalue weighted by atomic mass is 19.1. The van der Waals surface area contributed by atoms with E-state index >= 15 is 0 Å². The zero-order valence-electron chi connectivity index (χ0n) is 11.2. The molecule has 3 rings (SSSR count). The van der Waals surface area contributed by atoms with Crippen molar-refractivity contribution in [2.75, 3.05) is 0 Å². The lowest BCUT2D eigenvalue weighted by atomic mass is 9.85. The minimum absolute atomic E-state index is 0.178. The van der Waals surface area contributed by atoms with E-state index in [1.165, 1.54) is 18.5 Å². The van der Waals surface area contributed by atoms with E-state index in [1.807, 2.05) is 0 Å². The van der Waals surface area contributed by atoms with Gasteiger partial charge in [-0.3, -0.25) is 4.68 Å². The summed E-state index contributed by atoms with van der Waals surface area (Å²) in [6.07, 6.45) is 6.66. The minimum atomic E-state index is -0.748. The van der Waals surface area contributed by atoms with Crippen molar-refractivity contribution in [2.45, 2.75) is 37.8 Å². The summed E-state index contributed by atoms with van der Waals surface area (Å²) >= 11 is 0. The maximum Gasteiger partial charge on any atom is 0.137 e. The molecule has 0 bridgehead atoms. The van der Waals surface area contributed by atoms with E-state index in [2.05, 4.69) is 10.1 Å². The van der Waals surface area contributed by atoms with Gasteiger partial charge in [-0.05, 0) is 42.9 Å². The van der Waals surface area contributed by atoms with Crippen LogP contribution in [-0.4, -0.2) is 25.5 Å². The molecule has 106 valence electrons. The Bertz CT molecular complexity index is 555. The molecule has 1 saturated carbocycles. The third-order valence-electron chi connectivity index (χ3n) is 4.22. The van der Waals surface area contributed by atoms with Gasteiger partial charge in [0.05, 0.1) is 12.1 Å². The number of halogens is 1. The fourth-order valence-corrected chi connectivity index (χ4v) is 3.13. The summed E-state index contributed by atoms with van der Waals surface area (Å²) in [5, 5.41) is 15.0. The number of aliphatic hydroxyl groups is 1. The molecule has 2 aromatic rings. The first-order valence-corrected chi connectivity index (χ1v) is 6.95. The van der Waals surface area contributed by atoms with Crippen LogP contribution in [0.4, 0.5) is 4.39 Å². The van der Waals surface area contributed by atoms with E-state index in [0.29, 0.717) is 6.54 Å². The first kappa shape index (κ1) is 13.2. The van der Waals surface area contributed by atoms with Gasteiger partial charge in [0.25, 0.3) is 0 Å². The van der Waals surface area contributed by atoms with Gasteiger partial charge in [-0.2, -0.15) is 5.10 Å². The molecule has 4 nitrogen and oxygen atoms in total. The van der Waals surface area contributed by atoms with Crippen LogP contribution in [0.25, 0.3) is 0 Å². The molecular weight excluding hydrogens is 257 g/mol. The van der Waals surface area contributed by atoms with Gasteiger partial charge in [0.15, 0.2) is 0 Å². The first-order valence-electron chi connectivity index (χ1n) is 6.95. The van der Waals surface area contributed by atoms with Gasteiger partial charge in [0.2, 0.25) is 0 Å². The molecule has 2 unspecified atom stereocenters. The van der Waals surface area contributed by atoms with E-state index in [1.54, 1.807) is 23.1 Å². The van der Waals surface area contributed by atoms with E-state index in [0.717, 1.165) is 31.2 Å². The van der Waals surface area contributed by atoms with Crippen molar-refractivity contribution in [1.82, 2.24) is 14.8 Å². The van der Waals surface area contributed by atoms with E-state index in [4.69, 9.17) is 0 Å². The highest BCUT2D eigenvalue weighted by Crippen LogP contribution is 2.38. The smallest absolute Gasteiger partial charge is 0.137 e. The van der Waals surface area contributed by atoms with E-state index in [9.17, 15) is 9.50 Å². The average Bonchev–Trinajstić information content (AvgIpc) is 3.04. The van der Waals surface area contributed by atoms with Gasteiger partial charge in [-0.25, -0.2) is 9.37 Å². The molecule has 2 atom stereocenters. The Morgan fingerprint density at radius 1 is 1.35 bits per heavy atom. The van der Waals surface area contributed by atoms with Crippen LogP contribution in [0, 0.1) is 11.7 Å². The van der Waals surface area contributed by atoms with Crippen LogP contribution in [0.15, 0.2) is 36.9 Å². The summed E-state index contributed by atoms with van der Waals surface area (Å²) in [6.45, 7) is 0.471. The maximum absolute atomic E-state index is 12.9. The first-order chi connectivity index (χ1) is 9.66. The Kier molecular flexibility index (Phi) is 3.53. The molecular formula is C15H18FN3O. The largest absolute Gasteiger partial charge is 0.388 e. The highest BCUT2D eigenvalue weighted by Gasteiger charge is 2.41. The van der Waals surface area contributed by atoms with Crippen molar-refractivity contribution in [2.24, 2.45) is 5.92 Å². The standard InChI is InChI=1S/C15H18FN3O/c16-14-5-3-12(4-6-14)8-13-2-1-7-15(13,20)9-19-11-17-10-18-19/h3-6,10-11,13,20H,1-2,7-9H2. The number of hydrogen-bond donors (Lipinski definition) is 1. The van der Waals surface area contributed by atoms with Gasteiger partial charge < -0.3 is 5.11 Å². The molecule has 0 spiro atoms. The second-order valence-electron chi connectivity index (χ2n) is 5.62. The maximum atomic E-state index is 12.9. The van der Waals surface area contributed by atoms with Crippen LogP contribution in [0.1, 0.15) is 24.8 Å². The molecule has 0 saturated heterocycles. The number of nitrogens with zero attached hydrogens (tertiary/aromatic N) is 3. The Labute approximate surface area is 117 Å². The molecule has 1 aromatic heterocycles. The van der Waals surface area contributed by atoms with Gasteiger partial charge in [-0.15, -0.1) is 0 Å². The average molecular weight is 275 g/mol. The van der Waals surface area contributed by atoms with Crippen LogP contribution >= 0.6 is 0 Å². The number of benzene rings is 1. The summed E-state index contributed by atoms with van der Waals surface area (Å²) < 4.78 is 14.6. The molecule has 1 aliphatic rings. The van der Waals surface area contributed by atoms with Crippen LogP contribution < -0.4 is 0 Å². The lowest BCUT2D eigenvalue weighted by molar-refractivity contribution is -0.0163. The molecule has 0 radical (unpaired) electrons. The van der Waals surface area contributed by atoms with Gasteiger partial charge in [-0.1, -0.05) is 18.6 Å². The number of rotatable bonds is 4. The molecule has 5 heteroatoms. The Morgan fingerprint density at radius 2 is 2.15 bits per heavy atom. The van der Waals surface area contributed by atoms with Gasteiger partial charge in [0.1, 0.15) is 18.5 Å². The van der Waals surface area contributed by atoms with Crippen molar-refractivity contribution in [1.29, 1.82) is 0 Å². The van der Waals surface area contributed by atoms with Crippen molar-refractivity contribution in [3.8, 4) is 0 Å². The zero-order chi connectivity index (χ0) is 14.0. The highest BCUT2D eigenvalue weighted by molar-refractivity contribution is 5.17.